The molecule has 8 heteroatoms. The van der Waals surface area contributed by atoms with E-state index in [1.807, 2.05) is 18.2 Å². The van der Waals surface area contributed by atoms with Crippen LogP contribution < -0.4 is 11.5 Å². The van der Waals surface area contributed by atoms with Crippen molar-refractivity contribution in [1.29, 1.82) is 0 Å². The van der Waals surface area contributed by atoms with Gasteiger partial charge in [0.15, 0.2) is 5.84 Å². The molecule has 0 radical (unpaired) electrons. The van der Waals surface area contributed by atoms with E-state index in [9.17, 15) is 9.59 Å². The lowest BCUT2D eigenvalue weighted by Gasteiger charge is -2.48. The molecule has 1 aromatic rings. The monoisotopic (exact) mass is 427 g/mol. The molecule has 1 aromatic carbocycles. The van der Waals surface area contributed by atoms with Gasteiger partial charge in [-0.3, -0.25) is 14.5 Å². The number of fused-ring (bicyclic) bond motifs is 1. The van der Waals surface area contributed by atoms with Gasteiger partial charge in [-0.1, -0.05) is 42.6 Å². The molecule has 168 valence electrons. The van der Waals surface area contributed by atoms with E-state index < -0.39 is 11.9 Å². The number of hydrogen-bond donors (Lipinski definition) is 3. The minimum absolute atomic E-state index is 0.0606. The fourth-order valence-electron chi connectivity index (χ4n) is 5.89. The number of oxime groups is 1. The van der Waals surface area contributed by atoms with Crippen LogP contribution in [0.1, 0.15) is 56.1 Å². The Morgan fingerprint density at radius 1 is 1.06 bits per heavy atom. The Morgan fingerprint density at radius 3 is 2.65 bits per heavy atom. The first kappa shape index (κ1) is 21.6. The van der Waals surface area contributed by atoms with Gasteiger partial charge in [0, 0.05) is 18.7 Å². The molecular weight excluding hydrogens is 394 g/mol. The topological polar surface area (TPSA) is 125 Å². The first-order valence-electron chi connectivity index (χ1n) is 11.4. The number of primary amides is 1. The van der Waals surface area contributed by atoms with Gasteiger partial charge in [-0.2, -0.15) is 0 Å². The minimum Gasteiger partial charge on any atom is -0.409 e. The van der Waals surface area contributed by atoms with Crippen LogP contribution in [0.25, 0.3) is 0 Å². The fraction of sp³-hybridized carbons (Fsp3) is 0.609. The number of likely N-dealkylation sites (tertiary alicyclic amines) is 2. The highest BCUT2D eigenvalue weighted by Gasteiger charge is 2.46. The molecule has 31 heavy (non-hydrogen) atoms. The maximum absolute atomic E-state index is 13.8. The van der Waals surface area contributed by atoms with Crippen molar-refractivity contribution in [3.63, 3.8) is 0 Å². The van der Waals surface area contributed by atoms with E-state index in [0.29, 0.717) is 36.9 Å². The Labute approximate surface area is 183 Å². The minimum atomic E-state index is -0.484. The van der Waals surface area contributed by atoms with E-state index in [-0.39, 0.29) is 17.8 Å². The molecule has 3 fully saturated rings. The molecule has 0 bridgehead atoms. The lowest BCUT2D eigenvalue weighted by molar-refractivity contribution is -0.147. The molecule has 2 amide bonds. The molecule has 8 nitrogen and oxygen atoms in total. The van der Waals surface area contributed by atoms with Gasteiger partial charge in [0.2, 0.25) is 11.8 Å². The van der Waals surface area contributed by atoms with Crippen molar-refractivity contribution >= 4 is 17.6 Å². The lowest BCUT2D eigenvalue weighted by atomic mass is 9.70. The van der Waals surface area contributed by atoms with Crippen LogP contribution in [-0.2, 0) is 16.1 Å². The van der Waals surface area contributed by atoms with Crippen LogP contribution >= 0.6 is 0 Å². The predicted octanol–water partition coefficient (Wildman–Crippen LogP) is 1.64. The zero-order valence-electron chi connectivity index (χ0n) is 17.9. The van der Waals surface area contributed by atoms with Gasteiger partial charge in [-0.15, -0.1) is 0 Å². The number of carbonyl (C=O) groups is 2. The van der Waals surface area contributed by atoms with Crippen LogP contribution in [0, 0.1) is 11.8 Å². The second-order valence-corrected chi connectivity index (χ2v) is 9.19. The summed E-state index contributed by atoms with van der Waals surface area (Å²) >= 11 is 0. The number of nitrogens with two attached hydrogens (primary N) is 2. The maximum Gasteiger partial charge on any atom is 0.240 e. The Hall–Kier alpha value is -2.61. The summed E-state index contributed by atoms with van der Waals surface area (Å²) in [5.41, 5.74) is 13.1. The highest BCUT2D eigenvalue weighted by atomic mass is 16.4. The van der Waals surface area contributed by atoms with Crippen molar-refractivity contribution in [2.45, 2.75) is 63.6 Å². The summed E-state index contributed by atoms with van der Waals surface area (Å²) in [7, 11) is 0. The SMILES string of the molecule is NC(=O)[C@@H]1CCCN1C(=O)[C@H]1[C@H]2CCCC[C@H]2CCN1Cc1cccc(C(N)=NO)c1. The molecule has 0 spiro atoms. The summed E-state index contributed by atoms with van der Waals surface area (Å²) in [6.07, 6.45) is 7.19. The van der Waals surface area contributed by atoms with Gasteiger partial charge in [-0.25, -0.2) is 0 Å². The highest BCUT2D eigenvalue weighted by molar-refractivity contribution is 5.97. The third-order valence-corrected chi connectivity index (χ3v) is 7.39. The summed E-state index contributed by atoms with van der Waals surface area (Å²) in [5.74, 6) is 0.612. The third kappa shape index (κ3) is 4.39. The van der Waals surface area contributed by atoms with Gasteiger partial charge in [0.25, 0.3) is 0 Å². The zero-order chi connectivity index (χ0) is 22.0. The summed E-state index contributed by atoms with van der Waals surface area (Å²) in [6, 6.07) is 6.89. The van der Waals surface area contributed by atoms with Crippen LogP contribution in [-0.4, -0.2) is 57.8 Å². The molecule has 4 rings (SSSR count). The van der Waals surface area contributed by atoms with Crippen LogP contribution in [0.15, 0.2) is 29.4 Å². The Kier molecular flexibility index (Phi) is 6.46. The summed E-state index contributed by atoms with van der Waals surface area (Å²) in [4.78, 5) is 29.8. The number of rotatable bonds is 5. The van der Waals surface area contributed by atoms with Crippen molar-refractivity contribution in [3.05, 3.63) is 35.4 Å². The Balaban J connectivity index is 1.61. The predicted molar refractivity (Wildman–Crippen MR) is 117 cm³/mol. The number of amides is 2. The molecule has 2 saturated heterocycles. The van der Waals surface area contributed by atoms with Gasteiger partial charge < -0.3 is 21.6 Å². The standard InChI is InChI=1S/C23H33N5O3/c24-21(26-31)17-7-3-5-15(13-17)14-27-12-10-16-6-1-2-8-18(16)20(27)23(30)28-11-4-9-19(28)22(25)29/h3,5,7,13,16,18-20,31H,1-2,4,6,8-12,14H2,(H2,24,26)(H2,25,29)/t16-,18-,19-,20+/m0/s1. The average molecular weight is 428 g/mol. The largest absolute Gasteiger partial charge is 0.409 e. The van der Waals surface area contributed by atoms with Gasteiger partial charge in [-0.05, 0) is 55.7 Å². The van der Waals surface area contributed by atoms with Gasteiger partial charge in [0.1, 0.15) is 6.04 Å². The Bertz CT molecular complexity index is 857. The third-order valence-electron chi connectivity index (χ3n) is 7.39. The summed E-state index contributed by atoms with van der Waals surface area (Å²) in [6.45, 7) is 2.06. The summed E-state index contributed by atoms with van der Waals surface area (Å²) < 4.78 is 0. The van der Waals surface area contributed by atoms with Crippen molar-refractivity contribution in [2.24, 2.45) is 28.5 Å². The van der Waals surface area contributed by atoms with Crippen molar-refractivity contribution in [3.8, 4) is 0 Å². The lowest BCUT2D eigenvalue weighted by Crippen LogP contribution is -2.59. The first-order chi connectivity index (χ1) is 15.0. The number of hydrogen-bond acceptors (Lipinski definition) is 5. The molecule has 0 unspecified atom stereocenters. The molecule has 4 atom stereocenters. The van der Waals surface area contributed by atoms with Gasteiger partial charge in [0.05, 0.1) is 6.04 Å². The van der Waals surface area contributed by atoms with E-state index in [4.69, 9.17) is 16.7 Å². The second kappa shape index (κ2) is 9.26. The van der Waals surface area contributed by atoms with Crippen molar-refractivity contribution < 1.29 is 14.8 Å². The molecule has 0 aromatic heterocycles. The van der Waals surface area contributed by atoms with Crippen LogP contribution in [0.4, 0.5) is 0 Å². The highest BCUT2D eigenvalue weighted by Crippen LogP contribution is 2.41. The van der Waals surface area contributed by atoms with Gasteiger partial charge >= 0.3 is 0 Å². The number of carbonyl (C=O) groups excluding carboxylic acids is 2. The number of piperidine rings is 1. The Morgan fingerprint density at radius 2 is 1.87 bits per heavy atom. The van der Waals surface area contributed by atoms with E-state index in [1.165, 1.54) is 12.8 Å². The molecule has 5 N–H and O–H groups in total. The van der Waals surface area contributed by atoms with Crippen molar-refractivity contribution in [2.75, 3.05) is 13.1 Å². The van der Waals surface area contributed by atoms with E-state index in [0.717, 1.165) is 37.8 Å². The van der Waals surface area contributed by atoms with E-state index in [1.54, 1.807) is 11.0 Å². The first-order valence-corrected chi connectivity index (χ1v) is 11.4. The molecule has 1 aliphatic carbocycles. The summed E-state index contributed by atoms with van der Waals surface area (Å²) in [5, 5.41) is 12.1. The second-order valence-electron chi connectivity index (χ2n) is 9.19. The van der Waals surface area contributed by atoms with Crippen LogP contribution in [0.3, 0.4) is 0 Å². The normalized spacial score (nSPS) is 29.5. The number of benzene rings is 1. The molecule has 1 saturated carbocycles. The molecule has 2 heterocycles. The molecular formula is C23H33N5O3. The number of nitrogens with zero attached hydrogens (tertiary/aromatic N) is 3. The molecule has 2 aliphatic heterocycles. The zero-order valence-corrected chi connectivity index (χ0v) is 17.9. The smallest absolute Gasteiger partial charge is 0.240 e. The fourth-order valence-corrected chi connectivity index (χ4v) is 5.89. The molecule has 3 aliphatic rings. The van der Waals surface area contributed by atoms with Crippen LogP contribution in [0.2, 0.25) is 0 Å². The quantitative estimate of drug-likeness (QED) is 0.285. The van der Waals surface area contributed by atoms with E-state index in [2.05, 4.69) is 10.1 Å². The maximum atomic E-state index is 13.8. The van der Waals surface area contributed by atoms with E-state index >= 15 is 0 Å². The number of amidine groups is 1. The van der Waals surface area contributed by atoms with Crippen LogP contribution in [0.5, 0.6) is 0 Å². The van der Waals surface area contributed by atoms with Crippen molar-refractivity contribution in [1.82, 2.24) is 9.80 Å². The average Bonchev–Trinajstić information content (AvgIpc) is 3.28.